The molecule has 29 valence electrons. The Hall–Kier alpha value is 3.32. The molecule has 4 heteroatoms. The molecule has 0 N–H and O–H groups in total. The normalized spacial score (nSPS) is 0. The summed E-state index contributed by atoms with van der Waals surface area (Å²) in [5.41, 5.74) is 0. The monoisotopic (exact) mass is 425 g/mol. The van der Waals surface area contributed by atoms with Crippen molar-refractivity contribution in [2.45, 2.75) is 0 Å². The van der Waals surface area contributed by atoms with E-state index in [9.17, 15) is 0 Å². The summed E-state index contributed by atoms with van der Waals surface area (Å²) in [4.78, 5) is 0. The van der Waals surface area contributed by atoms with Crippen LogP contribution in [0, 0.1) is 41.7 Å². The molecular formula is H3CeCoRuSb. The number of hydrogen-bond acceptors (Lipinski definition) is 0. The van der Waals surface area contributed by atoms with E-state index in [0.29, 0.717) is 0 Å². The van der Waals surface area contributed by atoms with Crippen molar-refractivity contribution in [3.05, 3.63) is 0 Å². The van der Waals surface area contributed by atoms with E-state index in [4.69, 9.17) is 0 Å². The molecule has 0 aromatic heterocycles. The molecule has 0 unspecified atom stereocenters. The summed E-state index contributed by atoms with van der Waals surface area (Å²) < 4.78 is 0. The van der Waals surface area contributed by atoms with E-state index < -0.39 is 0 Å². The molecule has 0 aliphatic carbocycles. The summed E-state index contributed by atoms with van der Waals surface area (Å²) in [6.07, 6.45) is 0. The SMILES string of the molecule is [Ce].[Co].[Ru].[SbH3]. The third-order valence-electron chi connectivity index (χ3n) is 0. The van der Waals surface area contributed by atoms with Gasteiger partial charge in [-0.25, -0.2) is 0 Å². The van der Waals surface area contributed by atoms with Crippen molar-refractivity contribution in [3.63, 3.8) is 0 Å². The van der Waals surface area contributed by atoms with E-state index >= 15 is 0 Å². The molecule has 0 rings (SSSR count). The van der Waals surface area contributed by atoms with Crippen molar-refractivity contribution in [2.75, 3.05) is 0 Å². The molecule has 1 radical (unpaired) electrons. The van der Waals surface area contributed by atoms with Crippen LogP contribution in [0.5, 0.6) is 0 Å². The molecule has 0 aliphatic heterocycles. The fraction of sp³-hybridized carbons (Fsp3) is 0. The van der Waals surface area contributed by atoms with E-state index in [1.165, 1.54) is 0 Å². The molecule has 0 bridgehead atoms. The summed E-state index contributed by atoms with van der Waals surface area (Å²) in [5, 5.41) is 0. The van der Waals surface area contributed by atoms with E-state index in [2.05, 4.69) is 0 Å². The Balaban J connectivity index is 0. The van der Waals surface area contributed by atoms with Gasteiger partial charge >= 0.3 is 24.4 Å². The van der Waals surface area contributed by atoms with Crippen LogP contribution in [0.1, 0.15) is 0 Å². The Morgan fingerprint density at radius 1 is 1.00 bits per heavy atom. The van der Waals surface area contributed by atoms with Crippen molar-refractivity contribution in [3.8, 4) is 0 Å². The van der Waals surface area contributed by atoms with Gasteiger partial charge in [-0.2, -0.15) is 0 Å². The molecule has 0 spiro atoms. The zero-order chi connectivity index (χ0) is 0. The third kappa shape index (κ3) is 9.01. The minimum atomic E-state index is 0. The van der Waals surface area contributed by atoms with Crippen LogP contribution < -0.4 is 0 Å². The quantitative estimate of drug-likeness (QED) is 0.429. The molecule has 0 aromatic carbocycles. The Bertz CT molecular complexity index is 8.00. The molecule has 4 heavy (non-hydrogen) atoms. The zero-order valence-electron chi connectivity index (χ0n) is 1.89. The van der Waals surface area contributed by atoms with Crippen LogP contribution in [0.25, 0.3) is 0 Å². The first-order valence-electron chi connectivity index (χ1n) is 0. The fourth-order valence-electron chi connectivity index (χ4n) is 0. The second-order valence-corrected chi connectivity index (χ2v) is 0. The molecule has 0 aliphatic rings. The van der Waals surface area contributed by atoms with Gasteiger partial charge in [0.15, 0.2) is 0 Å². The predicted molar refractivity (Wildman–Crippen MR) is 9.94 cm³/mol. The summed E-state index contributed by atoms with van der Waals surface area (Å²) in [5.74, 6) is 0. The second kappa shape index (κ2) is 16.2. The molecular weight excluding hydrogens is 422 g/mol. The van der Waals surface area contributed by atoms with Crippen molar-refractivity contribution in [2.24, 2.45) is 0 Å². The molecule has 0 heterocycles. The molecule has 0 aromatic rings. The fourth-order valence-corrected chi connectivity index (χ4v) is 0. The first kappa shape index (κ1) is 26.5. The Morgan fingerprint density at radius 3 is 1.00 bits per heavy atom. The average molecular weight is 425 g/mol. The maximum atomic E-state index is 0. The number of hydrogen-bond donors (Lipinski definition) is 0. The van der Waals surface area contributed by atoms with E-state index in [1.807, 2.05) is 0 Å². The van der Waals surface area contributed by atoms with Crippen LogP contribution in [-0.4, -0.2) is 24.4 Å². The predicted octanol–water partition coefficient (Wildman–Crippen LogP) is -1.19. The van der Waals surface area contributed by atoms with Gasteiger partial charge in [-0.1, -0.05) is 0 Å². The molecule has 0 nitrogen and oxygen atoms in total. The van der Waals surface area contributed by atoms with Gasteiger partial charge in [0, 0.05) is 78.0 Å². The summed E-state index contributed by atoms with van der Waals surface area (Å²) in [6.45, 7) is 0. The van der Waals surface area contributed by atoms with Gasteiger partial charge in [0.1, 0.15) is 0 Å². The van der Waals surface area contributed by atoms with Crippen molar-refractivity contribution < 1.29 is 78.0 Å². The van der Waals surface area contributed by atoms with Gasteiger partial charge in [-0.05, 0) is 0 Å². The standard InChI is InChI=1S/Ce.Co.Ru.Sb.3H. The first-order chi connectivity index (χ1) is 0. The molecule has 0 atom stereocenters. The molecule has 0 amide bonds. The van der Waals surface area contributed by atoms with E-state index in [-0.39, 0.29) is 102 Å². The van der Waals surface area contributed by atoms with Gasteiger partial charge in [0.05, 0.1) is 0 Å². The Labute approximate surface area is 100 Å². The van der Waals surface area contributed by atoms with Crippen molar-refractivity contribution in [1.29, 1.82) is 0 Å². The van der Waals surface area contributed by atoms with Crippen molar-refractivity contribution in [1.82, 2.24) is 0 Å². The molecule has 0 saturated carbocycles. The average Bonchev–Trinajstić information content (AvgIpc) is 0. The Kier molecular flexibility index (Phi) is 108. The first-order valence-corrected chi connectivity index (χ1v) is 0. The van der Waals surface area contributed by atoms with Crippen LogP contribution in [-0.2, 0) is 36.3 Å². The molecule has 0 saturated heterocycles. The topological polar surface area (TPSA) is 0 Å². The Morgan fingerprint density at radius 2 is 1.00 bits per heavy atom. The summed E-state index contributed by atoms with van der Waals surface area (Å²) in [7, 11) is 0. The van der Waals surface area contributed by atoms with Crippen LogP contribution >= 0.6 is 0 Å². The van der Waals surface area contributed by atoms with Crippen LogP contribution in [0.15, 0.2) is 0 Å². The van der Waals surface area contributed by atoms with Gasteiger partial charge in [-0.3, -0.25) is 0 Å². The summed E-state index contributed by atoms with van der Waals surface area (Å²) >= 11 is 0. The molecule has 0 fully saturated rings. The maximum absolute atomic E-state index is 0. The van der Waals surface area contributed by atoms with E-state index in [0.717, 1.165) is 0 Å². The van der Waals surface area contributed by atoms with Gasteiger partial charge in [0.2, 0.25) is 0 Å². The third-order valence-corrected chi connectivity index (χ3v) is 0. The van der Waals surface area contributed by atoms with Crippen molar-refractivity contribution >= 4 is 24.4 Å². The second-order valence-electron chi connectivity index (χ2n) is 0. The minimum absolute atomic E-state index is 0. The van der Waals surface area contributed by atoms with Gasteiger partial charge in [-0.15, -0.1) is 0 Å². The van der Waals surface area contributed by atoms with Crippen LogP contribution in [0.4, 0.5) is 0 Å². The van der Waals surface area contributed by atoms with E-state index in [1.54, 1.807) is 0 Å². The van der Waals surface area contributed by atoms with Gasteiger partial charge < -0.3 is 0 Å². The van der Waals surface area contributed by atoms with Crippen LogP contribution in [0.3, 0.4) is 0 Å². The number of rotatable bonds is 0. The van der Waals surface area contributed by atoms with Gasteiger partial charge in [0.25, 0.3) is 0 Å². The zero-order valence-corrected chi connectivity index (χ0v) is 11.8. The van der Waals surface area contributed by atoms with Crippen LogP contribution in [0.2, 0.25) is 0 Å². The summed E-state index contributed by atoms with van der Waals surface area (Å²) in [6, 6.07) is 0.